The monoisotopic (exact) mass is 356 g/mol. The van der Waals surface area contributed by atoms with E-state index in [9.17, 15) is 0 Å². The summed E-state index contributed by atoms with van der Waals surface area (Å²) >= 11 is 5.03. The van der Waals surface area contributed by atoms with Crippen LogP contribution in [0, 0.1) is 0 Å². The molecular weight excluding hydrogens is 340 g/mol. The minimum absolute atomic E-state index is 0.322. The minimum atomic E-state index is 0.322. The summed E-state index contributed by atoms with van der Waals surface area (Å²) in [5, 5.41) is 8.28. The van der Waals surface area contributed by atoms with Crippen molar-refractivity contribution in [3.63, 3.8) is 0 Å². The first-order chi connectivity index (χ1) is 9.61. The molecule has 0 aliphatic carbocycles. The number of rotatable bonds is 3. The van der Waals surface area contributed by atoms with Gasteiger partial charge in [-0.3, -0.25) is 4.90 Å². The molecule has 1 aliphatic rings. The lowest BCUT2D eigenvalue weighted by Crippen LogP contribution is -2.45. The third kappa shape index (κ3) is 3.11. The molecule has 0 saturated carbocycles. The fourth-order valence-electron chi connectivity index (χ4n) is 2.51. The Balaban J connectivity index is 1.68. The van der Waals surface area contributed by atoms with Crippen molar-refractivity contribution in [1.82, 2.24) is 15.1 Å². The number of hydrogen-bond acceptors (Lipinski definition) is 6. The molecule has 1 saturated heterocycles. The van der Waals surface area contributed by atoms with Crippen molar-refractivity contribution >= 4 is 27.3 Å². The van der Waals surface area contributed by atoms with Crippen LogP contribution in [0.15, 0.2) is 20.3 Å². The van der Waals surface area contributed by atoms with E-state index in [4.69, 9.17) is 10.2 Å². The van der Waals surface area contributed by atoms with Gasteiger partial charge in [0.05, 0.1) is 15.2 Å². The molecule has 0 amide bonds. The maximum Gasteiger partial charge on any atom is 0.257 e. The van der Waals surface area contributed by atoms with Gasteiger partial charge in [-0.1, -0.05) is 0 Å². The molecule has 1 fully saturated rings. The van der Waals surface area contributed by atoms with Crippen LogP contribution in [0.4, 0.5) is 0 Å². The summed E-state index contributed by atoms with van der Waals surface area (Å²) in [4.78, 5) is 3.34. The van der Waals surface area contributed by atoms with Crippen molar-refractivity contribution in [3.05, 3.63) is 21.8 Å². The van der Waals surface area contributed by atoms with Crippen LogP contribution in [-0.4, -0.2) is 33.7 Å². The number of nitrogens with zero attached hydrogens (tertiary/aromatic N) is 3. The Morgan fingerprint density at radius 3 is 3.05 bits per heavy atom. The SMILES string of the molecule is CC1CC(N)CCN1Cc1nnc(-c2ccc(Br)s2)o1. The number of nitrogens with two attached hydrogens (primary N) is 1. The predicted molar refractivity (Wildman–Crippen MR) is 82.4 cm³/mol. The fraction of sp³-hybridized carbons (Fsp3) is 0.538. The highest BCUT2D eigenvalue weighted by molar-refractivity contribution is 9.11. The van der Waals surface area contributed by atoms with E-state index in [1.54, 1.807) is 11.3 Å². The van der Waals surface area contributed by atoms with Crippen LogP contribution < -0.4 is 5.73 Å². The Bertz CT molecular complexity index is 584. The summed E-state index contributed by atoms with van der Waals surface area (Å²) in [5.74, 6) is 1.27. The van der Waals surface area contributed by atoms with Crippen LogP contribution in [0.5, 0.6) is 0 Å². The van der Waals surface area contributed by atoms with Crippen LogP contribution in [0.1, 0.15) is 25.7 Å². The average Bonchev–Trinajstić information content (AvgIpc) is 3.02. The van der Waals surface area contributed by atoms with Gasteiger partial charge in [-0.25, -0.2) is 0 Å². The third-order valence-electron chi connectivity index (χ3n) is 3.64. The van der Waals surface area contributed by atoms with Gasteiger partial charge in [0, 0.05) is 18.6 Å². The molecule has 0 spiro atoms. The molecule has 2 aromatic rings. The molecular formula is C13H17BrN4OS. The Hall–Kier alpha value is -0.760. The zero-order valence-electron chi connectivity index (χ0n) is 11.3. The zero-order chi connectivity index (χ0) is 14.1. The Morgan fingerprint density at radius 1 is 1.50 bits per heavy atom. The van der Waals surface area contributed by atoms with Gasteiger partial charge in [-0.05, 0) is 47.8 Å². The van der Waals surface area contributed by atoms with Crippen LogP contribution in [0.25, 0.3) is 10.8 Å². The van der Waals surface area contributed by atoms with Gasteiger partial charge in [0.1, 0.15) is 0 Å². The first-order valence-corrected chi connectivity index (χ1v) is 8.30. The Morgan fingerprint density at radius 2 is 2.35 bits per heavy atom. The lowest BCUT2D eigenvalue weighted by molar-refractivity contribution is 0.128. The second-order valence-electron chi connectivity index (χ2n) is 5.21. The summed E-state index contributed by atoms with van der Waals surface area (Å²) in [5.41, 5.74) is 5.98. The van der Waals surface area contributed by atoms with E-state index < -0.39 is 0 Å². The lowest BCUT2D eigenvalue weighted by Gasteiger charge is -2.35. The zero-order valence-corrected chi connectivity index (χ0v) is 13.7. The standard InChI is InChI=1S/C13H17BrN4OS/c1-8-6-9(15)4-5-18(8)7-12-16-17-13(19-12)10-2-3-11(14)20-10/h2-3,8-9H,4-7,15H2,1H3. The van der Waals surface area contributed by atoms with E-state index in [1.807, 2.05) is 12.1 Å². The van der Waals surface area contributed by atoms with E-state index in [1.165, 1.54) is 0 Å². The van der Waals surface area contributed by atoms with Crippen LogP contribution in [-0.2, 0) is 6.54 Å². The van der Waals surface area contributed by atoms with Crippen molar-refractivity contribution < 1.29 is 4.42 Å². The van der Waals surface area contributed by atoms with Gasteiger partial charge in [0.25, 0.3) is 5.89 Å². The van der Waals surface area contributed by atoms with Crippen molar-refractivity contribution in [1.29, 1.82) is 0 Å². The third-order valence-corrected chi connectivity index (χ3v) is 5.26. The summed E-state index contributed by atoms with van der Waals surface area (Å²) in [6, 6.07) is 4.75. The highest BCUT2D eigenvalue weighted by Gasteiger charge is 2.24. The molecule has 0 radical (unpaired) electrons. The Kier molecular flexibility index (Phi) is 4.21. The van der Waals surface area contributed by atoms with Crippen LogP contribution >= 0.6 is 27.3 Å². The number of hydrogen-bond donors (Lipinski definition) is 1. The van der Waals surface area contributed by atoms with Crippen LogP contribution in [0.2, 0.25) is 0 Å². The van der Waals surface area contributed by atoms with E-state index >= 15 is 0 Å². The topological polar surface area (TPSA) is 68.2 Å². The molecule has 3 heterocycles. The number of piperidine rings is 1. The maximum atomic E-state index is 5.98. The van der Waals surface area contributed by atoms with E-state index in [-0.39, 0.29) is 0 Å². The first kappa shape index (κ1) is 14.2. The smallest absolute Gasteiger partial charge is 0.257 e. The lowest BCUT2D eigenvalue weighted by atomic mass is 9.99. The summed E-state index contributed by atoms with van der Waals surface area (Å²) in [6.07, 6.45) is 2.06. The molecule has 2 atom stereocenters. The molecule has 2 unspecified atom stereocenters. The van der Waals surface area contributed by atoms with Gasteiger partial charge >= 0.3 is 0 Å². The van der Waals surface area contributed by atoms with E-state index in [0.717, 1.165) is 28.0 Å². The molecule has 1 aliphatic heterocycles. The normalized spacial score (nSPS) is 24.1. The summed E-state index contributed by atoms with van der Waals surface area (Å²) in [7, 11) is 0. The second kappa shape index (κ2) is 5.93. The van der Waals surface area contributed by atoms with E-state index in [2.05, 4.69) is 38.0 Å². The van der Waals surface area contributed by atoms with Gasteiger partial charge in [0.2, 0.25) is 5.89 Å². The van der Waals surface area contributed by atoms with Crippen molar-refractivity contribution in [3.8, 4) is 10.8 Å². The number of thiophene rings is 1. The Labute approximate surface area is 130 Å². The van der Waals surface area contributed by atoms with Crippen molar-refractivity contribution in [2.24, 2.45) is 5.73 Å². The van der Waals surface area contributed by atoms with Gasteiger partial charge in [-0.15, -0.1) is 21.5 Å². The van der Waals surface area contributed by atoms with Crippen LogP contribution in [0.3, 0.4) is 0 Å². The highest BCUT2D eigenvalue weighted by Crippen LogP contribution is 2.30. The fourth-order valence-corrected chi connectivity index (χ4v) is 3.82. The van der Waals surface area contributed by atoms with Gasteiger partial charge in [-0.2, -0.15) is 0 Å². The van der Waals surface area contributed by atoms with Gasteiger partial charge < -0.3 is 10.2 Å². The van der Waals surface area contributed by atoms with Crippen molar-refractivity contribution in [2.75, 3.05) is 6.54 Å². The molecule has 2 N–H and O–H groups in total. The molecule has 7 heteroatoms. The van der Waals surface area contributed by atoms with Crippen molar-refractivity contribution in [2.45, 2.75) is 38.4 Å². The molecule has 108 valence electrons. The summed E-state index contributed by atoms with van der Waals surface area (Å²) in [6.45, 7) is 3.89. The van der Waals surface area contributed by atoms with E-state index in [0.29, 0.717) is 30.4 Å². The summed E-state index contributed by atoms with van der Waals surface area (Å²) < 4.78 is 6.82. The maximum absolute atomic E-state index is 5.98. The quantitative estimate of drug-likeness (QED) is 0.915. The second-order valence-corrected chi connectivity index (χ2v) is 7.67. The first-order valence-electron chi connectivity index (χ1n) is 6.69. The molecule has 5 nitrogen and oxygen atoms in total. The average molecular weight is 357 g/mol. The highest BCUT2D eigenvalue weighted by atomic mass is 79.9. The molecule has 20 heavy (non-hydrogen) atoms. The minimum Gasteiger partial charge on any atom is -0.419 e. The largest absolute Gasteiger partial charge is 0.419 e. The molecule has 0 bridgehead atoms. The number of halogens is 1. The predicted octanol–water partition coefficient (Wildman–Crippen LogP) is 2.87. The van der Waals surface area contributed by atoms with Gasteiger partial charge in [0.15, 0.2) is 0 Å². The molecule has 2 aromatic heterocycles. The molecule has 3 rings (SSSR count). The number of aromatic nitrogens is 2. The molecule has 0 aromatic carbocycles. The number of likely N-dealkylation sites (tertiary alicyclic amines) is 1.